The summed E-state index contributed by atoms with van der Waals surface area (Å²) in [5.41, 5.74) is -0.442. The zero-order valence-electron chi connectivity index (χ0n) is 16.5. The minimum absolute atomic E-state index is 0.160. The third-order valence-electron chi connectivity index (χ3n) is 4.12. The minimum atomic E-state index is -0.926. The monoisotopic (exact) mass is 408 g/mol. The number of hydrogen-bond acceptors (Lipinski definition) is 5. The summed E-state index contributed by atoms with van der Waals surface area (Å²) in [6.07, 6.45) is 0.308. The van der Waals surface area contributed by atoms with E-state index in [0.717, 1.165) is 12.1 Å². The first kappa shape index (κ1) is 22.1. The maximum absolute atomic E-state index is 12.9. The van der Waals surface area contributed by atoms with Crippen LogP contribution in [-0.2, 0) is 19.1 Å². The van der Waals surface area contributed by atoms with Gasteiger partial charge in [0.25, 0.3) is 0 Å². The van der Waals surface area contributed by atoms with E-state index in [1.165, 1.54) is 17.0 Å². The first-order chi connectivity index (χ1) is 13.6. The van der Waals surface area contributed by atoms with Crippen LogP contribution in [0.5, 0.6) is 0 Å². The summed E-state index contributed by atoms with van der Waals surface area (Å²) in [5, 5.41) is 7.58. The van der Waals surface area contributed by atoms with Crippen molar-refractivity contribution in [1.82, 2.24) is 15.5 Å². The number of carbonyl (C=O) groups excluding carboxylic acids is 4. The Hall–Kier alpha value is -3.17. The first-order valence-electron chi connectivity index (χ1n) is 9.13. The molecule has 0 aromatic heterocycles. The van der Waals surface area contributed by atoms with E-state index in [0.29, 0.717) is 19.4 Å². The summed E-state index contributed by atoms with van der Waals surface area (Å²) >= 11 is 0. The quantitative estimate of drug-likeness (QED) is 0.508. The second kappa shape index (κ2) is 9.35. The lowest BCUT2D eigenvalue weighted by Crippen LogP contribution is -2.61. The number of rotatable bonds is 4. The molecule has 0 spiro atoms. The van der Waals surface area contributed by atoms with Gasteiger partial charge in [-0.1, -0.05) is 0 Å². The van der Waals surface area contributed by atoms with Gasteiger partial charge in [0.1, 0.15) is 11.4 Å². The fraction of sp³-hybridized carbons (Fsp3) is 0.474. The highest BCUT2D eigenvalue weighted by atomic mass is 19.1. The van der Waals surface area contributed by atoms with Crippen molar-refractivity contribution in [2.24, 2.45) is 0 Å². The predicted octanol–water partition coefficient (Wildman–Crippen LogP) is 1.00. The molecule has 0 radical (unpaired) electrons. The SMILES string of the molecule is CC(C)(C)OC(=O)N[C@@H]1CN(C=O)CC[C@@H]1NC(=O)C(=O)Nc1ccc(F)cc1. The van der Waals surface area contributed by atoms with Crippen LogP contribution in [0.4, 0.5) is 14.9 Å². The summed E-state index contributed by atoms with van der Waals surface area (Å²) in [6, 6.07) is 3.76. The van der Waals surface area contributed by atoms with Gasteiger partial charge in [-0.15, -0.1) is 0 Å². The van der Waals surface area contributed by atoms with Gasteiger partial charge < -0.3 is 25.6 Å². The molecule has 1 heterocycles. The molecule has 9 nitrogen and oxygen atoms in total. The number of carbonyl (C=O) groups is 4. The standard InChI is InChI=1S/C19H25FN4O5/c1-19(2,3)29-18(28)23-15-10-24(11-25)9-8-14(15)22-17(27)16(26)21-13-6-4-12(20)5-7-13/h4-7,11,14-15H,8-10H2,1-3H3,(H,21,26)(H,22,27)(H,23,28)/t14-,15+/m0/s1. The lowest BCUT2D eigenvalue weighted by atomic mass is 9.99. The second-order valence-corrected chi connectivity index (χ2v) is 7.68. The van der Waals surface area contributed by atoms with Crippen LogP contribution in [0.2, 0.25) is 0 Å². The Morgan fingerprint density at radius 3 is 2.34 bits per heavy atom. The molecule has 1 aromatic carbocycles. The zero-order valence-corrected chi connectivity index (χ0v) is 16.5. The van der Waals surface area contributed by atoms with Crippen molar-refractivity contribution in [2.75, 3.05) is 18.4 Å². The number of likely N-dealkylation sites (tertiary alicyclic amines) is 1. The first-order valence-corrected chi connectivity index (χ1v) is 9.13. The van der Waals surface area contributed by atoms with Crippen LogP contribution in [0.15, 0.2) is 24.3 Å². The molecule has 1 fully saturated rings. The minimum Gasteiger partial charge on any atom is -0.444 e. The number of halogens is 1. The molecule has 1 saturated heterocycles. The van der Waals surface area contributed by atoms with Gasteiger partial charge in [-0.2, -0.15) is 0 Å². The van der Waals surface area contributed by atoms with E-state index in [1.54, 1.807) is 20.8 Å². The number of benzene rings is 1. The van der Waals surface area contributed by atoms with Crippen molar-refractivity contribution in [2.45, 2.75) is 44.9 Å². The lowest BCUT2D eigenvalue weighted by molar-refractivity contribution is -0.137. The average Bonchev–Trinajstić information content (AvgIpc) is 2.63. The predicted molar refractivity (Wildman–Crippen MR) is 102 cm³/mol. The Bertz CT molecular complexity index is 763. The van der Waals surface area contributed by atoms with Crippen LogP contribution in [0, 0.1) is 5.82 Å². The molecule has 158 valence electrons. The number of nitrogens with zero attached hydrogens (tertiary/aromatic N) is 1. The van der Waals surface area contributed by atoms with Crippen molar-refractivity contribution < 1.29 is 28.3 Å². The molecule has 0 aliphatic carbocycles. The van der Waals surface area contributed by atoms with E-state index in [9.17, 15) is 23.6 Å². The number of ether oxygens (including phenoxy) is 1. The third kappa shape index (κ3) is 7.05. The summed E-state index contributed by atoms with van der Waals surface area (Å²) in [4.78, 5) is 49.0. The van der Waals surface area contributed by atoms with Crippen LogP contribution >= 0.6 is 0 Å². The number of anilines is 1. The molecule has 0 unspecified atom stereocenters. The summed E-state index contributed by atoms with van der Waals surface area (Å²) in [5.74, 6) is -2.30. The number of amides is 4. The molecule has 0 bridgehead atoms. The molecule has 1 aliphatic heterocycles. The Morgan fingerprint density at radius 1 is 1.10 bits per heavy atom. The third-order valence-corrected chi connectivity index (χ3v) is 4.12. The highest BCUT2D eigenvalue weighted by Crippen LogP contribution is 2.13. The highest BCUT2D eigenvalue weighted by Gasteiger charge is 2.33. The number of alkyl carbamates (subject to hydrolysis) is 1. The largest absolute Gasteiger partial charge is 0.444 e. The average molecular weight is 408 g/mol. The Labute approximate surface area is 168 Å². The van der Waals surface area contributed by atoms with Crippen molar-refractivity contribution >= 4 is 30.0 Å². The molecular weight excluding hydrogens is 383 g/mol. The van der Waals surface area contributed by atoms with E-state index in [2.05, 4.69) is 16.0 Å². The van der Waals surface area contributed by atoms with Gasteiger partial charge in [0.05, 0.1) is 12.1 Å². The normalized spacial score (nSPS) is 19.1. The molecule has 4 amide bonds. The maximum Gasteiger partial charge on any atom is 0.408 e. The highest BCUT2D eigenvalue weighted by molar-refractivity contribution is 6.39. The van der Waals surface area contributed by atoms with E-state index in [4.69, 9.17) is 4.74 Å². The summed E-state index contributed by atoms with van der Waals surface area (Å²) in [7, 11) is 0. The van der Waals surface area contributed by atoms with Crippen LogP contribution in [0.3, 0.4) is 0 Å². The van der Waals surface area contributed by atoms with Gasteiger partial charge in [0.15, 0.2) is 0 Å². The molecule has 2 atom stereocenters. The van der Waals surface area contributed by atoms with Crippen molar-refractivity contribution in [1.29, 1.82) is 0 Å². The van der Waals surface area contributed by atoms with E-state index in [1.807, 2.05) is 0 Å². The molecule has 10 heteroatoms. The number of piperidine rings is 1. The maximum atomic E-state index is 12.9. The number of nitrogens with one attached hydrogen (secondary N) is 3. The van der Waals surface area contributed by atoms with Gasteiger partial charge in [-0.25, -0.2) is 9.18 Å². The van der Waals surface area contributed by atoms with Crippen molar-refractivity contribution in [3.8, 4) is 0 Å². The van der Waals surface area contributed by atoms with Gasteiger partial charge in [-0.3, -0.25) is 14.4 Å². The summed E-state index contributed by atoms with van der Waals surface area (Å²) < 4.78 is 18.2. The van der Waals surface area contributed by atoms with Gasteiger partial charge in [0, 0.05) is 18.8 Å². The van der Waals surface area contributed by atoms with Crippen LogP contribution < -0.4 is 16.0 Å². The molecule has 3 N–H and O–H groups in total. The smallest absolute Gasteiger partial charge is 0.408 e. The Morgan fingerprint density at radius 2 is 1.76 bits per heavy atom. The molecule has 0 saturated carbocycles. The van der Waals surface area contributed by atoms with Gasteiger partial charge >= 0.3 is 17.9 Å². The van der Waals surface area contributed by atoms with E-state index >= 15 is 0 Å². The number of hydrogen-bond donors (Lipinski definition) is 3. The fourth-order valence-electron chi connectivity index (χ4n) is 2.81. The lowest BCUT2D eigenvalue weighted by Gasteiger charge is -2.37. The van der Waals surface area contributed by atoms with Gasteiger partial charge in [-0.05, 0) is 51.5 Å². The van der Waals surface area contributed by atoms with Gasteiger partial charge in [0.2, 0.25) is 6.41 Å². The van der Waals surface area contributed by atoms with Crippen molar-refractivity contribution in [3.05, 3.63) is 30.1 Å². The Balaban J connectivity index is 1.99. The van der Waals surface area contributed by atoms with Crippen LogP contribution in [0.25, 0.3) is 0 Å². The van der Waals surface area contributed by atoms with E-state index < -0.39 is 41.4 Å². The van der Waals surface area contributed by atoms with Crippen molar-refractivity contribution in [3.63, 3.8) is 0 Å². The zero-order chi connectivity index (χ0) is 21.6. The fourth-order valence-corrected chi connectivity index (χ4v) is 2.81. The summed E-state index contributed by atoms with van der Waals surface area (Å²) in [6.45, 7) is 5.66. The molecule has 29 heavy (non-hydrogen) atoms. The molecular formula is C19H25FN4O5. The van der Waals surface area contributed by atoms with E-state index in [-0.39, 0.29) is 12.2 Å². The second-order valence-electron chi connectivity index (χ2n) is 7.68. The van der Waals surface area contributed by atoms with Crippen LogP contribution in [0.1, 0.15) is 27.2 Å². The molecule has 1 aromatic rings. The van der Waals surface area contributed by atoms with Crippen LogP contribution in [-0.4, -0.2) is 60.0 Å². The topological polar surface area (TPSA) is 117 Å². The molecule has 2 rings (SSSR count). The molecule has 1 aliphatic rings. The Kier molecular flexibility index (Phi) is 7.13.